The monoisotopic (exact) mass is 174 g/mol. The Kier molecular flexibility index (Phi) is 2.39. The Morgan fingerprint density at radius 2 is 1.43 bits per heavy atom. The third-order valence-corrected chi connectivity index (χ3v) is 2.12. The Balaban J connectivity index is 3.89. The Morgan fingerprint density at radius 1 is 1.14 bits per heavy atom. The molecule has 0 heterocycles. The van der Waals surface area contributed by atoms with E-state index in [-0.39, 0.29) is 0 Å². The molecule has 0 unspecified atom stereocenters. The zero-order valence-corrected chi connectivity index (χ0v) is 5.75. The molecule has 5 heteroatoms. The van der Waals surface area contributed by atoms with Gasteiger partial charge in [0.15, 0.2) is 0 Å². The first-order valence-corrected chi connectivity index (χ1v) is 4.28. The molecule has 0 aromatic carbocycles. The fraction of sp³-hybridized carbons (Fsp3) is 1.00. The van der Waals surface area contributed by atoms with Crippen LogP contribution in [0.5, 0.6) is 0 Å². The molecular weight excluding hydrogens is 167 g/mol. The SMILES string of the molecule is CO[Se](=O)(=O)OC. The second-order valence-electron chi connectivity index (χ2n) is 0.742. The van der Waals surface area contributed by atoms with Crippen LogP contribution in [0.2, 0.25) is 0 Å². The van der Waals surface area contributed by atoms with E-state index in [4.69, 9.17) is 0 Å². The van der Waals surface area contributed by atoms with Gasteiger partial charge < -0.3 is 0 Å². The summed E-state index contributed by atoms with van der Waals surface area (Å²) in [5, 5.41) is 0. The van der Waals surface area contributed by atoms with E-state index in [1.54, 1.807) is 0 Å². The second kappa shape index (κ2) is 2.37. The molecule has 0 N–H and O–H groups in total. The summed E-state index contributed by atoms with van der Waals surface area (Å²) in [5.41, 5.74) is 0. The minimum atomic E-state index is -4.31. The molecule has 0 atom stereocenters. The quantitative estimate of drug-likeness (QED) is 0.532. The van der Waals surface area contributed by atoms with Crippen LogP contribution in [0, 0.1) is 0 Å². The van der Waals surface area contributed by atoms with Gasteiger partial charge >= 0.3 is 42.9 Å². The fourth-order valence-corrected chi connectivity index (χ4v) is 0.354. The molecule has 0 saturated carbocycles. The Hall–Kier alpha value is 0.0395. The third kappa shape index (κ3) is 2.70. The summed E-state index contributed by atoms with van der Waals surface area (Å²) in [7, 11) is 2.12. The molecule has 0 aliphatic heterocycles. The molecule has 0 bridgehead atoms. The maximum atomic E-state index is 10.00. The van der Waals surface area contributed by atoms with Crippen molar-refractivity contribution in [2.45, 2.75) is 0 Å². The van der Waals surface area contributed by atoms with E-state index in [0.29, 0.717) is 0 Å². The first kappa shape index (κ1) is 7.04. The van der Waals surface area contributed by atoms with Crippen molar-refractivity contribution < 1.29 is 15.3 Å². The summed E-state index contributed by atoms with van der Waals surface area (Å²) >= 11 is -4.31. The molecule has 0 fully saturated rings. The predicted octanol–water partition coefficient (Wildman–Crippen LogP) is -0.424. The Labute approximate surface area is 43.7 Å². The average molecular weight is 173 g/mol. The van der Waals surface area contributed by atoms with E-state index >= 15 is 0 Å². The van der Waals surface area contributed by atoms with Crippen molar-refractivity contribution in [3.05, 3.63) is 0 Å². The van der Waals surface area contributed by atoms with E-state index in [9.17, 15) is 7.67 Å². The molecule has 0 radical (unpaired) electrons. The molecule has 4 nitrogen and oxygen atoms in total. The van der Waals surface area contributed by atoms with Gasteiger partial charge in [0.25, 0.3) is 0 Å². The van der Waals surface area contributed by atoms with Gasteiger partial charge in [-0.25, -0.2) is 0 Å². The predicted molar refractivity (Wildman–Crippen MR) is 21.1 cm³/mol. The molecule has 0 aliphatic carbocycles. The van der Waals surface area contributed by atoms with Gasteiger partial charge in [-0.15, -0.1) is 0 Å². The van der Waals surface area contributed by atoms with Crippen molar-refractivity contribution in [1.29, 1.82) is 0 Å². The summed E-state index contributed by atoms with van der Waals surface area (Å²) in [6.07, 6.45) is 0. The van der Waals surface area contributed by atoms with Crippen molar-refractivity contribution in [3.8, 4) is 0 Å². The van der Waals surface area contributed by atoms with Crippen LogP contribution in [-0.2, 0) is 15.3 Å². The normalized spacial score (nSPS) is 11.7. The second-order valence-corrected chi connectivity index (χ2v) is 3.85. The standard InChI is InChI=1S/C2H6O4Se/c1-5-7(3,4)6-2/h1-2H3. The van der Waals surface area contributed by atoms with E-state index in [1.165, 1.54) is 0 Å². The zero-order valence-electron chi connectivity index (χ0n) is 4.04. The average Bonchev–Trinajstić information content (AvgIpc) is 1.68. The first-order valence-electron chi connectivity index (χ1n) is 1.48. The van der Waals surface area contributed by atoms with E-state index < -0.39 is 13.4 Å². The molecule has 0 rings (SSSR count). The summed E-state index contributed by atoms with van der Waals surface area (Å²) in [6.45, 7) is 0. The van der Waals surface area contributed by atoms with Gasteiger partial charge in [0.1, 0.15) is 0 Å². The summed E-state index contributed by atoms with van der Waals surface area (Å²) in [4.78, 5) is 0. The Morgan fingerprint density at radius 3 is 1.43 bits per heavy atom. The van der Waals surface area contributed by atoms with Crippen molar-refractivity contribution >= 4 is 13.4 Å². The van der Waals surface area contributed by atoms with Crippen LogP contribution in [0.4, 0.5) is 0 Å². The van der Waals surface area contributed by atoms with Gasteiger partial charge in [0.2, 0.25) is 0 Å². The topological polar surface area (TPSA) is 52.6 Å². The summed E-state index contributed by atoms with van der Waals surface area (Å²) < 4.78 is 27.8. The van der Waals surface area contributed by atoms with Crippen molar-refractivity contribution in [2.75, 3.05) is 14.2 Å². The molecule has 0 spiro atoms. The van der Waals surface area contributed by atoms with Gasteiger partial charge in [0, 0.05) is 0 Å². The molecule has 0 aromatic heterocycles. The van der Waals surface area contributed by atoms with Gasteiger partial charge in [-0.2, -0.15) is 0 Å². The maximum absolute atomic E-state index is 10.00. The molecule has 0 saturated heterocycles. The van der Waals surface area contributed by atoms with E-state index in [0.717, 1.165) is 14.2 Å². The van der Waals surface area contributed by atoms with Crippen molar-refractivity contribution in [1.82, 2.24) is 0 Å². The molecule has 0 amide bonds. The van der Waals surface area contributed by atoms with Gasteiger partial charge in [-0.3, -0.25) is 0 Å². The minimum absolute atomic E-state index is 1.06. The van der Waals surface area contributed by atoms with Gasteiger partial charge in [0.05, 0.1) is 0 Å². The van der Waals surface area contributed by atoms with Crippen LogP contribution in [-0.4, -0.2) is 27.6 Å². The number of hydrogen-bond donors (Lipinski definition) is 0. The molecule has 44 valence electrons. The van der Waals surface area contributed by atoms with Crippen molar-refractivity contribution in [2.24, 2.45) is 0 Å². The van der Waals surface area contributed by atoms with Gasteiger partial charge in [-0.05, 0) is 0 Å². The molecule has 7 heavy (non-hydrogen) atoms. The van der Waals surface area contributed by atoms with Crippen LogP contribution in [0.15, 0.2) is 0 Å². The van der Waals surface area contributed by atoms with E-state index in [2.05, 4.69) is 7.64 Å². The van der Waals surface area contributed by atoms with Gasteiger partial charge in [-0.1, -0.05) is 0 Å². The first-order chi connectivity index (χ1) is 3.12. The zero-order chi connectivity index (χ0) is 5.91. The molecular formula is C2H6O4Se. The summed E-state index contributed by atoms with van der Waals surface area (Å²) in [6, 6.07) is 0. The number of rotatable bonds is 2. The van der Waals surface area contributed by atoms with Crippen LogP contribution in [0.3, 0.4) is 0 Å². The van der Waals surface area contributed by atoms with Crippen LogP contribution >= 0.6 is 0 Å². The van der Waals surface area contributed by atoms with Crippen molar-refractivity contribution in [3.63, 3.8) is 0 Å². The van der Waals surface area contributed by atoms with Crippen LogP contribution in [0.25, 0.3) is 0 Å². The molecule has 0 aliphatic rings. The molecule has 0 aromatic rings. The third-order valence-electron chi connectivity index (χ3n) is 0.408. The van der Waals surface area contributed by atoms with Crippen LogP contribution < -0.4 is 0 Å². The fourth-order valence-electron chi connectivity index (χ4n) is 0.0680. The summed E-state index contributed by atoms with van der Waals surface area (Å²) in [5.74, 6) is 0. The Bertz CT molecular complexity index is 113. The number of hydrogen-bond acceptors (Lipinski definition) is 4. The van der Waals surface area contributed by atoms with E-state index in [1.807, 2.05) is 0 Å². The van der Waals surface area contributed by atoms with Crippen LogP contribution in [0.1, 0.15) is 0 Å².